The molecule has 2 atom stereocenters. The Labute approximate surface area is 63.5 Å². The van der Waals surface area contributed by atoms with Gasteiger partial charge in [0.05, 0.1) is 18.3 Å². The highest BCUT2D eigenvalue weighted by molar-refractivity contribution is 4.68. The van der Waals surface area contributed by atoms with E-state index in [-0.39, 0.29) is 18.3 Å². The van der Waals surface area contributed by atoms with Crippen LogP contribution in [0.1, 0.15) is 20.8 Å². The van der Waals surface area contributed by atoms with Crippen LogP contribution in [0.5, 0.6) is 0 Å². The molecule has 0 aliphatic heterocycles. The normalized spacial score (nSPS) is 17.4. The van der Waals surface area contributed by atoms with E-state index in [1.54, 1.807) is 7.11 Å². The molecule has 0 aromatic rings. The van der Waals surface area contributed by atoms with Gasteiger partial charge in [0.1, 0.15) is 0 Å². The van der Waals surface area contributed by atoms with Crippen molar-refractivity contribution in [1.29, 1.82) is 0 Å². The van der Waals surface area contributed by atoms with Crippen molar-refractivity contribution in [3.63, 3.8) is 0 Å². The van der Waals surface area contributed by atoms with Gasteiger partial charge in [0.15, 0.2) is 0 Å². The molecule has 2 heteroatoms. The molecule has 0 spiro atoms. The van der Waals surface area contributed by atoms with Crippen LogP contribution in [0.3, 0.4) is 0 Å². The minimum absolute atomic E-state index is 0.0672. The fourth-order valence-corrected chi connectivity index (χ4v) is 0.709. The highest BCUT2D eigenvalue weighted by atomic mass is 16.5. The molecule has 0 bridgehead atoms. The fraction of sp³-hybridized carbons (Fsp3) is 0.875. The van der Waals surface area contributed by atoms with Gasteiger partial charge in [-0.2, -0.15) is 0 Å². The average molecular weight is 145 g/mol. The second kappa shape index (κ2) is 4.69. The summed E-state index contributed by atoms with van der Waals surface area (Å²) in [6.45, 7) is 9.72. The van der Waals surface area contributed by atoms with Crippen LogP contribution < -0.4 is 0 Å². The first-order chi connectivity index (χ1) is 4.57. The summed E-state index contributed by atoms with van der Waals surface area (Å²) in [6, 6.07) is 0. The highest BCUT2D eigenvalue weighted by Gasteiger charge is 2.12. The third-order valence-corrected chi connectivity index (χ3v) is 1.31. The molecule has 0 N–H and O–H groups in total. The average Bonchev–Trinajstić information content (AvgIpc) is 1.85. The number of ether oxygens (including phenoxy) is 2. The van der Waals surface area contributed by atoms with Crippen LogP contribution in [0.2, 0.25) is 0 Å². The van der Waals surface area contributed by atoms with Crippen LogP contribution in [-0.2, 0) is 9.47 Å². The topological polar surface area (TPSA) is 18.5 Å². The number of hydrogen-bond donors (Lipinski definition) is 0. The van der Waals surface area contributed by atoms with Gasteiger partial charge in [0.25, 0.3) is 0 Å². The van der Waals surface area contributed by atoms with Crippen molar-refractivity contribution >= 4 is 0 Å². The molecule has 0 fully saturated rings. The highest BCUT2D eigenvalue weighted by Crippen LogP contribution is 2.03. The number of rotatable bonds is 4. The lowest BCUT2D eigenvalue weighted by molar-refractivity contribution is -0.0530. The fourth-order valence-electron chi connectivity index (χ4n) is 0.709. The monoisotopic (exact) mass is 145 g/mol. The van der Waals surface area contributed by atoms with Crippen LogP contribution in [-0.4, -0.2) is 25.4 Å². The van der Waals surface area contributed by atoms with Gasteiger partial charge in [-0.1, -0.05) is 0 Å². The van der Waals surface area contributed by atoms with Crippen molar-refractivity contribution in [1.82, 2.24) is 0 Å². The third-order valence-electron chi connectivity index (χ3n) is 1.31. The zero-order chi connectivity index (χ0) is 8.15. The van der Waals surface area contributed by atoms with E-state index in [0.29, 0.717) is 0 Å². The van der Waals surface area contributed by atoms with E-state index in [9.17, 15) is 0 Å². The summed E-state index contributed by atoms with van der Waals surface area (Å²) in [5, 5.41) is 0. The maximum atomic E-state index is 5.42. The van der Waals surface area contributed by atoms with Crippen molar-refractivity contribution in [2.75, 3.05) is 7.11 Å². The molecule has 2 nitrogen and oxygen atoms in total. The van der Waals surface area contributed by atoms with Gasteiger partial charge in [-0.05, 0) is 27.7 Å². The molecule has 0 saturated heterocycles. The molecule has 0 aromatic heterocycles. The minimum atomic E-state index is -0.0672. The summed E-state index contributed by atoms with van der Waals surface area (Å²) in [4.78, 5) is 0. The summed E-state index contributed by atoms with van der Waals surface area (Å²) in [5.74, 6) is 0. The lowest BCUT2D eigenvalue weighted by Gasteiger charge is -2.20. The minimum Gasteiger partial charge on any atom is -0.379 e. The first-order valence-electron chi connectivity index (χ1n) is 3.59. The zero-order valence-corrected chi connectivity index (χ0v) is 7.26. The number of methoxy groups -OCH3 is 1. The Balaban J connectivity index is 3.50. The van der Waals surface area contributed by atoms with Crippen LogP contribution in [0, 0.1) is 6.92 Å². The van der Waals surface area contributed by atoms with Gasteiger partial charge >= 0.3 is 0 Å². The molecule has 10 heavy (non-hydrogen) atoms. The largest absolute Gasteiger partial charge is 0.379 e. The van der Waals surface area contributed by atoms with E-state index in [2.05, 4.69) is 6.92 Å². The van der Waals surface area contributed by atoms with E-state index in [4.69, 9.17) is 9.47 Å². The van der Waals surface area contributed by atoms with Crippen LogP contribution in [0.25, 0.3) is 0 Å². The standard InChI is InChI=1S/C8H17O2/c1-6(2)10-8(4)7(3)9-5/h6-8H,3H2,1-2,4-5H3. The first-order valence-corrected chi connectivity index (χ1v) is 3.59. The molecule has 0 saturated carbocycles. The van der Waals surface area contributed by atoms with Crippen molar-refractivity contribution < 1.29 is 9.47 Å². The van der Waals surface area contributed by atoms with Gasteiger partial charge in [0.2, 0.25) is 0 Å². The Hall–Kier alpha value is -0.0800. The van der Waals surface area contributed by atoms with Gasteiger partial charge in [0, 0.05) is 7.11 Å². The van der Waals surface area contributed by atoms with Gasteiger partial charge < -0.3 is 9.47 Å². The van der Waals surface area contributed by atoms with Crippen LogP contribution >= 0.6 is 0 Å². The molecular weight excluding hydrogens is 128 g/mol. The summed E-state index contributed by atoms with van der Waals surface area (Å²) in [6.07, 6.45) is 0.252. The van der Waals surface area contributed by atoms with E-state index < -0.39 is 0 Å². The molecule has 0 amide bonds. The van der Waals surface area contributed by atoms with Crippen LogP contribution in [0.15, 0.2) is 0 Å². The smallest absolute Gasteiger partial charge is 0.0831 e. The van der Waals surface area contributed by atoms with Crippen molar-refractivity contribution in [3.05, 3.63) is 6.92 Å². The van der Waals surface area contributed by atoms with Crippen molar-refractivity contribution in [3.8, 4) is 0 Å². The lowest BCUT2D eigenvalue weighted by Crippen LogP contribution is -2.27. The van der Waals surface area contributed by atoms with E-state index in [1.807, 2.05) is 20.8 Å². The molecule has 0 heterocycles. The van der Waals surface area contributed by atoms with Crippen molar-refractivity contribution in [2.45, 2.75) is 39.1 Å². The summed E-state index contributed by atoms with van der Waals surface area (Å²) >= 11 is 0. The Morgan fingerprint density at radius 3 is 2.00 bits per heavy atom. The molecule has 0 aliphatic rings. The van der Waals surface area contributed by atoms with Crippen molar-refractivity contribution in [2.24, 2.45) is 0 Å². The maximum absolute atomic E-state index is 5.42. The maximum Gasteiger partial charge on any atom is 0.0831 e. The van der Waals surface area contributed by atoms with Gasteiger partial charge in [-0.25, -0.2) is 0 Å². The quantitative estimate of drug-likeness (QED) is 0.599. The molecule has 0 aliphatic carbocycles. The third kappa shape index (κ3) is 3.85. The SMILES string of the molecule is [CH2]C(OC)C(C)OC(C)C. The molecular formula is C8H17O2. The molecule has 1 radical (unpaired) electrons. The Kier molecular flexibility index (Phi) is 4.65. The second-order valence-corrected chi connectivity index (χ2v) is 2.66. The molecule has 61 valence electrons. The summed E-state index contributed by atoms with van der Waals surface area (Å²) < 4.78 is 10.4. The Morgan fingerprint density at radius 1 is 1.20 bits per heavy atom. The lowest BCUT2D eigenvalue weighted by atomic mass is 10.2. The van der Waals surface area contributed by atoms with Gasteiger partial charge in [-0.15, -0.1) is 0 Å². The Morgan fingerprint density at radius 2 is 1.70 bits per heavy atom. The van der Waals surface area contributed by atoms with Crippen LogP contribution in [0.4, 0.5) is 0 Å². The Bertz CT molecular complexity index is 81.3. The summed E-state index contributed by atoms with van der Waals surface area (Å²) in [7, 11) is 1.64. The van der Waals surface area contributed by atoms with E-state index in [1.165, 1.54) is 0 Å². The van der Waals surface area contributed by atoms with E-state index >= 15 is 0 Å². The zero-order valence-electron chi connectivity index (χ0n) is 7.26. The summed E-state index contributed by atoms with van der Waals surface area (Å²) in [5.41, 5.74) is 0. The predicted octanol–water partition coefficient (Wildman–Crippen LogP) is 1.65. The molecule has 0 aromatic carbocycles. The number of hydrogen-bond acceptors (Lipinski definition) is 2. The van der Waals surface area contributed by atoms with E-state index in [0.717, 1.165) is 0 Å². The second-order valence-electron chi connectivity index (χ2n) is 2.66. The molecule has 2 unspecified atom stereocenters. The predicted molar refractivity (Wildman–Crippen MR) is 41.8 cm³/mol. The van der Waals surface area contributed by atoms with Gasteiger partial charge in [-0.3, -0.25) is 0 Å². The first kappa shape index (κ1) is 9.92. The molecule has 0 rings (SSSR count).